The molecule has 1 amide bonds. The summed E-state index contributed by atoms with van der Waals surface area (Å²) in [7, 11) is -3.36. The van der Waals surface area contributed by atoms with Gasteiger partial charge in [0.2, 0.25) is 0 Å². The van der Waals surface area contributed by atoms with E-state index in [4.69, 9.17) is 13.8 Å². The van der Waals surface area contributed by atoms with E-state index in [1.165, 1.54) is 4.90 Å². The molecule has 0 aromatic heterocycles. The highest BCUT2D eigenvalue weighted by atomic mass is 31.2. The smallest absolute Gasteiger partial charge is 0.410 e. The summed E-state index contributed by atoms with van der Waals surface area (Å²) in [5.74, 6) is 0.200. The number of rotatable bonds is 10. The van der Waals surface area contributed by atoms with Gasteiger partial charge < -0.3 is 13.8 Å². The molecule has 6 nitrogen and oxygen atoms in total. The van der Waals surface area contributed by atoms with E-state index in [-0.39, 0.29) is 32.0 Å². The highest BCUT2D eigenvalue weighted by Gasteiger charge is 2.31. The van der Waals surface area contributed by atoms with Crippen LogP contribution in [0, 0.1) is 5.92 Å². The van der Waals surface area contributed by atoms with Crippen molar-refractivity contribution < 1.29 is 23.1 Å². The molecule has 0 atom stereocenters. The maximum absolute atomic E-state index is 12.7. The Balaban J connectivity index is 2.75. The third kappa shape index (κ3) is 7.47. The fraction of sp³-hybridized carbons (Fsp3) is 0.588. The number of nitrogens with zero attached hydrogens (tertiary/aromatic N) is 1. The molecule has 24 heavy (non-hydrogen) atoms. The Morgan fingerprint density at radius 1 is 1.12 bits per heavy atom. The molecule has 0 unspecified atom stereocenters. The third-order valence-electron chi connectivity index (χ3n) is 3.04. The maximum atomic E-state index is 12.7. The molecule has 0 fully saturated rings. The largest absolute Gasteiger partial charge is 0.445 e. The summed E-state index contributed by atoms with van der Waals surface area (Å²) in [6.07, 6.45) is -0.632. The number of hydrogen-bond donors (Lipinski definition) is 0. The molecule has 0 bridgehead atoms. The number of benzene rings is 1. The quantitative estimate of drug-likeness (QED) is 0.577. The van der Waals surface area contributed by atoms with Crippen molar-refractivity contribution >= 4 is 13.7 Å². The predicted octanol–water partition coefficient (Wildman–Crippen LogP) is 4.50. The number of hydrogen-bond acceptors (Lipinski definition) is 5. The van der Waals surface area contributed by atoms with E-state index in [2.05, 4.69) is 0 Å². The zero-order chi connectivity index (χ0) is 18.0. The second kappa shape index (κ2) is 10.5. The highest BCUT2D eigenvalue weighted by Crippen LogP contribution is 2.48. The summed E-state index contributed by atoms with van der Waals surface area (Å²) in [5, 5.41) is 0. The van der Waals surface area contributed by atoms with Crippen LogP contribution in [0.2, 0.25) is 0 Å². The summed E-state index contributed by atoms with van der Waals surface area (Å²) < 4.78 is 28.6. The van der Waals surface area contributed by atoms with Gasteiger partial charge >= 0.3 is 13.7 Å². The lowest BCUT2D eigenvalue weighted by Crippen LogP contribution is -2.36. The van der Waals surface area contributed by atoms with Gasteiger partial charge in [0.05, 0.1) is 13.2 Å². The summed E-state index contributed by atoms with van der Waals surface area (Å²) in [6.45, 7) is 8.53. The van der Waals surface area contributed by atoms with Gasteiger partial charge in [-0.3, -0.25) is 9.46 Å². The minimum Gasteiger partial charge on any atom is -0.445 e. The van der Waals surface area contributed by atoms with Crippen molar-refractivity contribution in [2.24, 2.45) is 5.92 Å². The first kappa shape index (κ1) is 20.7. The molecule has 0 radical (unpaired) electrons. The second-order valence-electron chi connectivity index (χ2n) is 5.74. The topological polar surface area (TPSA) is 65.1 Å². The fourth-order valence-electron chi connectivity index (χ4n) is 2.16. The van der Waals surface area contributed by atoms with Crippen LogP contribution in [0.4, 0.5) is 4.79 Å². The van der Waals surface area contributed by atoms with Crippen molar-refractivity contribution in [1.29, 1.82) is 0 Å². The predicted molar refractivity (Wildman–Crippen MR) is 93.9 cm³/mol. The number of carbonyl (C=O) groups excluding carboxylic acids is 1. The zero-order valence-corrected chi connectivity index (χ0v) is 15.8. The van der Waals surface area contributed by atoms with Crippen LogP contribution in [0.1, 0.15) is 33.3 Å². The molecule has 7 heteroatoms. The van der Waals surface area contributed by atoms with Crippen LogP contribution in [0.15, 0.2) is 30.3 Å². The van der Waals surface area contributed by atoms with Crippen LogP contribution < -0.4 is 0 Å². The maximum Gasteiger partial charge on any atom is 0.410 e. The van der Waals surface area contributed by atoms with Crippen LogP contribution in [-0.2, 0) is 25.0 Å². The van der Waals surface area contributed by atoms with Crippen molar-refractivity contribution in [3.8, 4) is 0 Å². The SMILES string of the molecule is CCOP(=O)(CN(CC(C)C)C(=O)OCc1ccccc1)OCC. The van der Waals surface area contributed by atoms with Crippen LogP contribution in [0.5, 0.6) is 0 Å². The molecular formula is C17H28NO5P. The summed E-state index contributed by atoms with van der Waals surface area (Å²) in [4.78, 5) is 13.8. The lowest BCUT2D eigenvalue weighted by atomic mass is 10.2. The molecule has 0 saturated heterocycles. The van der Waals surface area contributed by atoms with Crippen molar-refractivity contribution in [2.45, 2.75) is 34.3 Å². The lowest BCUT2D eigenvalue weighted by Gasteiger charge is -2.27. The van der Waals surface area contributed by atoms with E-state index in [1.54, 1.807) is 13.8 Å². The van der Waals surface area contributed by atoms with E-state index in [9.17, 15) is 9.36 Å². The number of ether oxygens (including phenoxy) is 1. The third-order valence-corrected chi connectivity index (χ3v) is 5.04. The fourth-order valence-corrected chi connectivity index (χ4v) is 3.84. The van der Waals surface area contributed by atoms with Gasteiger partial charge in [0.1, 0.15) is 12.9 Å². The molecular weight excluding hydrogens is 329 g/mol. The molecule has 0 heterocycles. The normalized spacial score (nSPS) is 11.5. The molecule has 0 aliphatic heterocycles. The van der Waals surface area contributed by atoms with Gasteiger partial charge in [-0.05, 0) is 25.3 Å². The molecule has 1 aromatic carbocycles. The van der Waals surface area contributed by atoms with Gasteiger partial charge in [-0.15, -0.1) is 0 Å². The molecule has 136 valence electrons. The van der Waals surface area contributed by atoms with Crippen LogP contribution in [0.3, 0.4) is 0 Å². The van der Waals surface area contributed by atoms with E-state index >= 15 is 0 Å². The van der Waals surface area contributed by atoms with Crippen molar-refractivity contribution in [3.63, 3.8) is 0 Å². The van der Waals surface area contributed by atoms with Gasteiger partial charge in [-0.2, -0.15) is 0 Å². The van der Waals surface area contributed by atoms with Crippen LogP contribution in [0.25, 0.3) is 0 Å². The molecule has 0 aliphatic carbocycles. The average molecular weight is 357 g/mol. The Hall–Kier alpha value is -1.36. The van der Waals surface area contributed by atoms with Gasteiger partial charge in [-0.1, -0.05) is 44.2 Å². The zero-order valence-electron chi connectivity index (χ0n) is 14.9. The Labute approximate surface area is 144 Å². The Bertz CT molecular complexity index is 525. The molecule has 1 rings (SSSR count). The first-order valence-corrected chi connectivity index (χ1v) is 9.96. The highest BCUT2D eigenvalue weighted by molar-refractivity contribution is 7.53. The van der Waals surface area contributed by atoms with E-state index in [1.807, 2.05) is 44.2 Å². The Morgan fingerprint density at radius 3 is 2.21 bits per heavy atom. The lowest BCUT2D eigenvalue weighted by molar-refractivity contribution is 0.0933. The first-order valence-electron chi connectivity index (χ1n) is 8.24. The van der Waals surface area contributed by atoms with Crippen LogP contribution in [-0.4, -0.2) is 37.0 Å². The number of amides is 1. The van der Waals surface area contributed by atoms with E-state index < -0.39 is 13.7 Å². The monoisotopic (exact) mass is 357 g/mol. The van der Waals surface area contributed by atoms with Crippen molar-refractivity contribution in [3.05, 3.63) is 35.9 Å². The van der Waals surface area contributed by atoms with Crippen molar-refractivity contribution in [2.75, 3.05) is 26.0 Å². The summed E-state index contributed by atoms with van der Waals surface area (Å²) >= 11 is 0. The molecule has 0 saturated carbocycles. The molecule has 1 aromatic rings. The second-order valence-corrected chi connectivity index (χ2v) is 7.77. The van der Waals surface area contributed by atoms with Gasteiger partial charge in [-0.25, -0.2) is 4.79 Å². The average Bonchev–Trinajstić information content (AvgIpc) is 2.53. The van der Waals surface area contributed by atoms with Crippen LogP contribution >= 0.6 is 7.60 Å². The standard InChI is InChI=1S/C17H28NO5P/c1-5-22-24(20,23-6-2)14-18(12-15(3)4)17(19)21-13-16-10-8-7-9-11-16/h7-11,15H,5-6,12-14H2,1-4H3. The van der Waals surface area contributed by atoms with E-state index in [0.717, 1.165) is 5.56 Å². The minimum atomic E-state index is -3.36. The minimum absolute atomic E-state index is 0.111. The van der Waals surface area contributed by atoms with Crippen molar-refractivity contribution in [1.82, 2.24) is 4.90 Å². The Morgan fingerprint density at radius 2 is 1.71 bits per heavy atom. The van der Waals surface area contributed by atoms with E-state index in [0.29, 0.717) is 6.54 Å². The van der Waals surface area contributed by atoms with Gasteiger partial charge in [0, 0.05) is 6.54 Å². The van der Waals surface area contributed by atoms with Gasteiger partial charge in [0.15, 0.2) is 0 Å². The van der Waals surface area contributed by atoms with Gasteiger partial charge in [0.25, 0.3) is 0 Å². The Kier molecular flexibility index (Phi) is 9.04. The first-order chi connectivity index (χ1) is 11.4. The summed E-state index contributed by atoms with van der Waals surface area (Å²) in [6, 6.07) is 9.42. The molecule has 0 N–H and O–H groups in total. The summed E-state index contributed by atoms with van der Waals surface area (Å²) in [5.41, 5.74) is 0.896. The molecule has 0 aliphatic rings. The number of carbonyl (C=O) groups is 1. The molecule has 0 spiro atoms.